The largest absolute Gasteiger partial charge is 0.379 e. The Morgan fingerprint density at radius 2 is 1.79 bits per heavy atom. The van der Waals surface area contributed by atoms with Crippen LogP contribution >= 0.6 is 11.6 Å². The van der Waals surface area contributed by atoms with Crippen molar-refractivity contribution < 1.29 is 9.53 Å². The van der Waals surface area contributed by atoms with Crippen molar-refractivity contribution >= 4 is 23.6 Å². The zero-order valence-electron chi connectivity index (χ0n) is 14.0. The van der Waals surface area contributed by atoms with E-state index in [-0.39, 0.29) is 5.91 Å². The number of likely N-dealkylation sites (tertiary alicyclic amines) is 1. The molecule has 0 atom stereocenters. The van der Waals surface area contributed by atoms with Crippen LogP contribution in [0.2, 0.25) is 5.02 Å². The molecule has 1 aromatic carbocycles. The van der Waals surface area contributed by atoms with E-state index in [2.05, 4.69) is 17.1 Å². The number of hydrogen-bond acceptors (Lipinski definition) is 3. The fraction of sp³-hybridized carbons (Fsp3) is 0.526. The van der Waals surface area contributed by atoms with E-state index in [9.17, 15) is 4.79 Å². The van der Waals surface area contributed by atoms with Crippen molar-refractivity contribution in [2.45, 2.75) is 12.8 Å². The number of rotatable bonds is 4. The Balaban J connectivity index is 1.43. The first-order valence-electron chi connectivity index (χ1n) is 8.72. The number of allylic oxidation sites excluding steroid dienone is 1. The summed E-state index contributed by atoms with van der Waals surface area (Å²) in [5.41, 5.74) is 1.17. The molecule has 2 fully saturated rings. The number of carbonyl (C=O) groups is 1. The molecule has 1 amide bonds. The monoisotopic (exact) mass is 348 g/mol. The van der Waals surface area contributed by atoms with E-state index >= 15 is 0 Å². The van der Waals surface area contributed by atoms with E-state index in [0.29, 0.717) is 12.5 Å². The summed E-state index contributed by atoms with van der Waals surface area (Å²) in [4.78, 5) is 16.6. The molecule has 0 aromatic heterocycles. The van der Waals surface area contributed by atoms with Crippen molar-refractivity contribution in [1.82, 2.24) is 9.80 Å². The highest BCUT2D eigenvalue weighted by atomic mass is 35.5. The van der Waals surface area contributed by atoms with Gasteiger partial charge in [0.2, 0.25) is 5.91 Å². The van der Waals surface area contributed by atoms with Gasteiger partial charge in [0, 0.05) is 31.2 Å². The number of hydrogen-bond donors (Lipinski definition) is 0. The van der Waals surface area contributed by atoms with Gasteiger partial charge in [-0.05, 0) is 36.5 Å². The number of morpholine rings is 1. The number of halogens is 1. The molecule has 2 aliphatic rings. The van der Waals surface area contributed by atoms with Gasteiger partial charge >= 0.3 is 0 Å². The molecule has 0 spiro atoms. The maximum atomic E-state index is 12.4. The minimum atomic E-state index is 0.261. The zero-order chi connectivity index (χ0) is 16.8. The van der Waals surface area contributed by atoms with Gasteiger partial charge in [0.25, 0.3) is 0 Å². The maximum Gasteiger partial charge on any atom is 0.236 e. The minimum absolute atomic E-state index is 0.261. The van der Waals surface area contributed by atoms with Gasteiger partial charge in [-0.1, -0.05) is 35.9 Å². The van der Waals surface area contributed by atoms with E-state index in [1.807, 2.05) is 29.2 Å². The molecule has 0 radical (unpaired) electrons. The number of ether oxygens (including phenoxy) is 1. The second-order valence-corrected chi connectivity index (χ2v) is 6.95. The van der Waals surface area contributed by atoms with Crippen LogP contribution in [0.25, 0.3) is 6.08 Å². The number of piperidine rings is 1. The molecule has 0 unspecified atom stereocenters. The van der Waals surface area contributed by atoms with Crippen LogP contribution in [0.1, 0.15) is 18.4 Å². The zero-order valence-corrected chi connectivity index (χ0v) is 14.8. The van der Waals surface area contributed by atoms with Crippen LogP contribution in [0.15, 0.2) is 30.3 Å². The first kappa shape index (κ1) is 17.5. The average Bonchev–Trinajstić information content (AvgIpc) is 2.62. The Labute approximate surface area is 149 Å². The lowest BCUT2D eigenvalue weighted by atomic mass is 9.95. The molecule has 24 heavy (non-hydrogen) atoms. The van der Waals surface area contributed by atoms with Crippen molar-refractivity contribution in [3.63, 3.8) is 0 Å². The Morgan fingerprint density at radius 3 is 2.46 bits per heavy atom. The second-order valence-electron chi connectivity index (χ2n) is 6.52. The van der Waals surface area contributed by atoms with Crippen molar-refractivity contribution in [3.8, 4) is 0 Å². The lowest BCUT2D eigenvalue weighted by Gasteiger charge is -2.33. The molecule has 0 N–H and O–H groups in total. The summed E-state index contributed by atoms with van der Waals surface area (Å²) >= 11 is 5.90. The Kier molecular flexibility index (Phi) is 6.30. The average molecular weight is 349 g/mol. The molecular formula is C19H25ClN2O2. The van der Waals surface area contributed by atoms with Gasteiger partial charge in [-0.25, -0.2) is 0 Å². The van der Waals surface area contributed by atoms with Gasteiger partial charge in [0.1, 0.15) is 0 Å². The highest BCUT2D eigenvalue weighted by Gasteiger charge is 2.23. The summed E-state index contributed by atoms with van der Waals surface area (Å²) in [5.74, 6) is 0.810. The molecule has 0 bridgehead atoms. The van der Waals surface area contributed by atoms with Gasteiger partial charge in [-0.3, -0.25) is 9.69 Å². The molecule has 4 nitrogen and oxygen atoms in total. The predicted molar refractivity (Wildman–Crippen MR) is 97.0 cm³/mol. The number of nitrogens with zero attached hydrogens (tertiary/aromatic N) is 2. The van der Waals surface area contributed by atoms with Crippen molar-refractivity contribution in [1.29, 1.82) is 0 Å². The molecule has 3 rings (SSSR count). The summed E-state index contributed by atoms with van der Waals surface area (Å²) in [6, 6.07) is 7.88. The summed E-state index contributed by atoms with van der Waals surface area (Å²) < 4.78 is 5.33. The van der Waals surface area contributed by atoms with Crippen molar-refractivity contribution in [3.05, 3.63) is 40.9 Å². The van der Waals surface area contributed by atoms with Crippen LogP contribution in [0.3, 0.4) is 0 Å². The Bertz CT molecular complexity index is 559. The highest BCUT2D eigenvalue weighted by Crippen LogP contribution is 2.20. The SMILES string of the molecule is O=C(CN1CCOCC1)N1CCC(C=Cc2ccc(Cl)cc2)CC1. The molecule has 130 valence electrons. The summed E-state index contributed by atoms with van der Waals surface area (Å²) in [6.07, 6.45) is 6.51. The first-order valence-corrected chi connectivity index (χ1v) is 9.10. The molecule has 5 heteroatoms. The molecule has 2 aliphatic heterocycles. The van der Waals surface area contributed by atoms with Gasteiger partial charge in [-0.2, -0.15) is 0 Å². The number of amides is 1. The van der Waals surface area contributed by atoms with Gasteiger partial charge < -0.3 is 9.64 Å². The topological polar surface area (TPSA) is 32.8 Å². The summed E-state index contributed by atoms with van der Waals surface area (Å²) in [6.45, 7) is 5.47. The van der Waals surface area contributed by atoms with E-state index in [0.717, 1.165) is 57.3 Å². The number of carbonyl (C=O) groups excluding carboxylic acids is 1. The van der Waals surface area contributed by atoms with E-state index in [1.54, 1.807) is 0 Å². The molecule has 0 saturated carbocycles. The van der Waals surface area contributed by atoms with E-state index in [4.69, 9.17) is 16.3 Å². The smallest absolute Gasteiger partial charge is 0.236 e. The molecular weight excluding hydrogens is 324 g/mol. The lowest BCUT2D eigenvalue weighted by Crippen LogP contribution is -2.46. The normalized spacial score (nSPS) is 20.6. The first-order chi connectivity index (χ1) is 11.7. The fourth-order valence-electron chi connectivity index (χ4n) is 3.21. The summed E-state index contributed by atoms with van der Waals surface area (Å²) in [7, 11) is 0. The highest BCUT2D eigenvalue weighted by molar-refractivity contribution is 6.30. The number of benzene rings is 1. The van der Waals surface area contributed by atoms with Crippen LogP contribution < -0.4 is 0 Å². The fourth-order valence-corrected chi connectivity index (χ4v) is 3.34. The Hall–Kier alpha value is -1.36. The van der Waals surface area contributed by atoms with Crippen molar-refractivity contribution in [2.75, 3.05) is 45.9 Å². The standard InChI is InChI=1S/C19H25ClN2O2/c20-18-5-3-16(4-6-18)1-2-17-7-9-22(10-8-17)19(23)15-21-11-13-24-14-12-21/h1-6,17H,7-15H2. The lowest BCUT2D eigenvalue weighted by molar-refractivity contribution is -0.134. The van der Waals surface area contributed by atoms with Crippen LogP contribution in [0, 0.1) is 5.92 Å². The molecule has 2 heterocycles. The molecule has 2 saturated heterocycles. The minimum Gasteiger partial charge on any atom is -0.379 e. The second kappa shape index (κ2) is 8.65. The van der Waals surface area contributed by atoms with E-state index < -0.39 is 0 Å². The van der Waals surface area contributed by atoms with Crippen LogP contribution in [0.5, 0.6) is 0 Å². The van der Waals surface area contributed by atoms with Crippen molar-refractivity contribution in [2.24, 2.45) is 5.92 Å². The van der Waals surface area contributed by atoms with Gasteiger partial charge in [0.05, 0.1) is 19.8 Å². The molecule has 0 aliphatic carbocycles. The van der Waals surface area contributed by atoms with Gasteiger partial charge in [-0.15, -0.1) is 0 Å². The van der Waals surface area contributed by atoms with E-state index in [1.165, 1.54) is 5.56 Å². The Morgan fingerprint density at radius 1 is 1.12 bits per heavy atom. The van der Waals surface area contributed by atoms with Gasteiger partial charge in [0.15, 0.2) is 0 Å². The maximum absolute atomic E-state index is 12.4. The quantitative estimate of drug-likeness (QED) is 0.838. The summed E-state index contributed by atoms with van der Waals surface area (Å²) in [5, 5.41) is 0.763. The van der Waals surface area contributed by atoms with Crippen LogP contribution in [-0.4, -0.2) is 61.6 Å². The molecule has 1 aromatic rings. The third-order valence-electron chi connectivity index (χ3n) is 4.79. The van der Waals surface area contributed by atoms with Crippen LogP contribution in [0.4, 0.5) is 0 Å². The third kappa shape index (κ3) is 5.07. The predicted octanol–water partition coefficient (Wildman–Crippen LogP) is 2.92. The third-order valence-corrected chi connectivity index (χ3v) is 5.04. The van der Waals surface area contributed by atoms with Crippen LogP contribution in [-0.2, 0) is 9.53 Å².